The molecule has 2 aromatic rings. The second kappa shape index (κ2) is 7.26. The van der Waals surface area contributed by atoms with Crippen molar-refractivity contribution in [3.8, 4) is 11.3 Å². The van der Waals surface area contributed by atoms with E-state index in [1.54, 1.807) is 19.3 Å². The Morgan fingerprint density at radius 1 is 1.30 bits per heavy atom. The van der Waals surface area contributed by atoms with Crippen molar-refractivity contribution in [3.05, 3.63) is 35.8 Å². The molecule has 1 aliphatic rings. The van der Waals surface area contributed by atoms with E-state index in [9.17, 15) is 4.79 Å². The van der Waals surface area contributed by atoms with E-state index in [-0.39, 0.29) is 6.09 Å². The van der Waals surface area contributed by atoms with E-state index in [1.165, 1.54) is 24.1 Å². The Hall–Kier alpha value is -2.37. The van der Waals surface area contributed by atoms with Gasteiger partial charge < -0.3 is 10.1 Å². The molecule has 2 heterocycles. The number of hydrogen-bond donors (Lipinski definition) is 1. The highest BCUT2D eigenvalue weighted by Crippen LogP contribution is 2.30. The van der Waals surface area contributed by atoms with Crippen LogP contribution < -0.4 is 5.32 Å². The van der Waals surface area contributed by atoms with E-state index >= 15 is 0 Å². The molecule has 23 heavy (non-hydrogen) atoms. The molecule has 6 heteroatoms. The number of pyridine rings is 1. The molecule has 1 amide bonds. The first-order valence-corrected chi connectivity index (χ1v) is 8.19. The SMILES string of the molecule is CCOC(=O)NCCn1nc(-c2ccncc2)c2c1CCCC2. The lowest BCUT2D eigenvalue weighted by Gasteiger charge is -2.14. The van der Waals surface area contributed by atoms with Gasteiger partial charge in [-0.05, 0) is 44.7 Å². The summed E-state index contributed by atoms with van der Waals surface area (Å²) in [6, 6.07) is 4.00. The van der Waals surface area contributed by atoms with Gasteiger partial charge in [0.25, 0.3) is 0 Å². The number of amides is 1. The average molecular weight is 314 g/mol. The Bertz CT molecular complexity index is 667. The molecule has 6 nitrogen and oxygen atoms in total. The van der Waals surface area contributed by atoms with Gasteiger partial charge in [0, 0.05) is 35.8 Å². The van der Waals surface area contributed by atoms with Crippen LogP contribution in [0.25, 0.3) is 11.3 Å². The molecule has 0 bridgehead atoms. The molecule has 1 aliphatic carbocycles. The van der Waals surface area contributed by atoms with E-state index in [1.807, 2.05) is 16.8 Å². The van der Waals surface area contributed by atoms with Crippen LogP contribution in [-0.4, -0.2) is 34.0 Å². The van der Waals surface area contributed by atoms with Gasteiger partial charge in [-0.2, -0.15) is 5.10 Å². The number of rotatable bonds is 5. The van der Waals surface area contributed by atoms with E-state index in [2.05, 4.69) is 10.3 Å². The van der Waals surface area contributed by atoms with E-state index < -0.39 is 0 Å². The topological polar surface area (TPSA) is 69.0 Å². The smallest absolute Gasteiger partial charge is 0.407 e. The maximum atomic E-state index is 11.4. The highest BCUT2D eigenvalue weighted by Gasteiger charge is 2.21. The minimum atomic E-state index is -0.372. The molecule has 0 atom stereocenters. The van der Waals surface area contributed by atoms with Gasteiger partial charge in [-0.15, -0.1) is 0 Å². The second-order valence-corrected chi connectivity index (χ2v) is 5.59. The normalized spacial score (nSPS) is 13.4. The Morgan fingerprint density at radius 3 is 2.87 bits per heavy atom. The van der Waals surface area contributed by atoms with Gasteiger partial charge in [-0.25, -0.2) is 4.79 Å². The summed E-state index contributed by atoms with van der Waals surface area (Å²) in [6.45, 7) is 3.36. The third-order valence-corrected chi connectivity index (χ3v) is 4.08. The molecule has 1 N–H and O–H groups in total. The summed E-state index contributed by atoms with van der Waals surface area (Å²) in [5, 5.41) is 7.56. The van der Waals surface area contributed by atoms with Crippen molar-refractivity contribution < 1.29 is 9.53 Å². The van der Waals surface area contributed by atoms with Crippen molar-refractivity contribution >= 4 is 6.09 Å². The summed E-state index contributed by atoms with van der Waals surface area (Å²) in [5.74, 6) is 0. The quantitative estimate of drug-likeness (QED) is 0.921. The Morgan fingerprint density at radius 2 is 2.09 bits per heavy atom. The van der Waals surface area contributed by atoms with Crippen molar-refractivity contribution in [2.75, 3.05) is 13.2 Å². The summed E-state index contributed by atoms with van der Waals surface area (Å²) in [5.41, 5.74) is 4.81. The summed E-state index contributed by atoms with van der Waals surface area (Å²) in [4.78, 5) is 15.5. The van der Waals surface area contributed by atoms with Gasteiger partial charge >= 0.3 is 6.09 Å². The standard InChI is InChI=1S/C17H22N4O2/c1-2-23-17(22)19-11-12-21-15-6-4-3-5-14(15)16(20-21)13-7-9-18-10-8-13/h7-10H,2-6,11-12H2,1H3,(H,19,22). The molecule has 0 radical (unpaired) electrons. The van der Waals surface area contributed by atoms with Crippen LogP contribution in [0.1, 0.15) is 31.0 Å². The molecule has 0 aliphatic heterocycles. The Labute approximate surface area is 135 Å². The number of alkyl carbamates (subject to hydrolysis) is 1. The molecule has 122 valence electrons. The zero-order valence-corrected chi connectivity index (χ0v) is 13.4. The van der Waals surface area contributed by atoms with Crippen LogP contribution in [0.5, 0.6) is 0 Å². The number of nitrogens with one attached hydrogen (secondary N) is 1. The number of fused-ring (bicyclic) bond motifs is 1. The predicted molar refractivity (Wildman–Crippen MR) is 87.1 cm³/mol. The molecule has 2 aromatic heterocycles. The summed E-state index contributed by atoms with van der Waals surface area (Å²) in [6.07, 6.45) is 7.74. The molecule has 0 saturated heterocycles. The van der Waals surface area contributed by atoms with E-state index in [0.29, 0.717) is 19.7 Å². The largest absolute Gasteiger partial charge is 0.450 e. The Balaban J connectivity index is 1.78. The number of carbonyl (C=O) groups is 1. The number of carbonyl (C=O) groups excluding carboxylic acids is 1. The average Bonchev–Trinajstić information content (AvgIpc) is 2.95. The van der Waals surface area contributed by atoms with Crippen LogP contribution >= 0.6 is 0 Å². The third kappa shape index (κ3) is 3.52. The third-order valence-electron chi connectivity index (χ3n) is 4.08. The first-order valence-electron chi connectivity index (χ1n) is 8.19. The molecule has 0 spiro atoms. The summed E-state index contributed by atoms with van der Waals surface area (Å²) >= 11 is 0. The van der Waals surface area contributed by atoms with Crippen LogP contribution in [0.3, 0.4) is 0 Å². The van der Waals surface area contributed by atoms with Gasteiger partial charge in [0.15, 0.2) is 0 Å². The maximum absolute atomic E-state index is 11.4. The monoisotopic (exact) mass is 314 g/mol. The number of nitrogens with zero attached hydrogens (tertiary/aromatic N) is 3. The lowest BCUT2D eigenvalue weighted by Crippen LogP contribution is -2.28. The molecule has 0 aromatic carbocycles. The molecule has 0 fully saturated rings. The van der Waals surface area contributed by atoms with Gasteiger partial charge in [-0.1, -0.05) is 0 Å². The second-order valence-electron chi connectivity index (χ2n) is 5.59. The number of ether oxygens (including phenoxy) is 1. The van der Waals surface area contributed by atoms with E-state index in [0.717, 1.165) is 24.1 Å². The van der Waals surface area contributed by atoms with Crippen molar-refractivity contribution in [3.63, 3.8) is 0 Å². The first-order chi connectivity index (χ1) is 11.3. The van der Waals surface area contributed by atoms with Crippen molar-refractivity contribution in [1.82, 2.24) is 20.1 Å². The van der Waals surface area contributed by atoms with Gasteiger partial charge in [0.2, 0.25) is 0 Å². The van der Waals surface area contributed by atoms with Crippen LogP contribution in [0.15, 0.2) is 24.5 Å². The van der Waals surface area contributed by atoms with E-state index in [4.69, 9.17) is 9.84 Å². The fourth-order valence-electron chi connectivity index (χ4n) is 3.04. The summed E-state index contributed by atoms with van der Waals surface area (Å²) < 4.78 is 6.92. The van der Waals surface area contributed by atoms with Crippen molar-refractivity contribution in [2.45, 2.75) is 39.2 Å². The lowest BCUT2D eigenvalue weighted by molar-refractivity contribution is 0.151. The van der Waals surface area contributed by atoms with Crippen LogP contribution in [0.4, 0.5) is 4.79 Å². The summed E-state index contributed by atoms with van der Waals surface area (Å²) in [7, 11) is 0. The van der Waals surface area contributed by atoms with Crippen LogP contribution in [-0.2, 0) is 24.1 Å². The highest BCUT2D eigenvalue weighted by atomic mass is 16.5. The lowest BCUT2D eigenvalue weighted by atomic mass is 9.94. The fourth-order valence-corrected chi connectivity index (χ4v) is 3.04. The van der Waals surface area contributed by atoms with Crippen molar-refractivity contribution in [1.29, 1.82) is 0 Å². The molecule has 3 rings (SSSR count). The minimum absolute atomic E-state index is 0.372. The van der Waals surface area contributed by atoms with Crippen molar-refractivity contribution in [2.24, 2.45) is 0 Å². The molecular formula is C17H22N4O2. The minimum Gasteiger partial charge on any atom is -0.450 e. The zero-order valence-electron chi connectivity index (χ0n) is 13.4. The molecule has 0 unspecified atom stereocenters. The van der Waals surface area contributed by atoms with Crippen LogP contribution in [0, 0.1) is 0 Å². The first kappa shape index (κ1) is 15.5. The Kier molecular flexibility index (Phi) is 4.90. The predicted octanol–water partition coefficient (Wildman–Crippen LogP) is 2.57. The van der Waals surface area contributed by atoms with Gasteiger partial charge in [-0.3, -0.25) is 9.67 Å². The van der Waals surface area contributed by atoms with Gasteiger partial charge in [0.05, 0.1) is 18.8 Å². The molecular weight excluding hydrogens is 292 g/mol. The van der Waals surface area contributed by atoms with Crippen LogP contribution in [0.2, 0.25) is 0 Å². The zero-order chi connectivity index (χ0) is 16.1. The number of aromatic nitrogens is 3. The molecule has 0 saturated carbocycles. The maximum Gasteiger partial charge on any atom is 0.407 e. The van der Waals surface area contributed by atoms with Gasteiger partial charge in [0.1, 0.15) is 0 Å². The number of hydrogen-bond acceptors (Lipinski definition) is 4. The highest BCUT2D eigenvalue weighted by molar-refractivity contribution is 5.67. The fraction of sp³-hybridized carbons (Fsp3) is 0.471.